The molecule has 0 aliphatic heterocycles. The predicted octanol–water partition coefficient (Wildman–Crippen LogP) is 14.0. The molecule has 53 heavy (non-hydrogen) atoms. The van der Waals surface area contributed by atoms with Gasteiger partial charge in [-0.2, -0.15) is 0 Å². The summed E-state index contributed by atoms with van der Waals surface area (Å²) in [5.74, 6) is 0.850. The maximum absolute atomic E-state index is 5.44. The Balaban J connectivity index is 1.08. The number of thiophene rings is 1. The van der Waals surface area contributed by atoms with Gasteiger partial charge < -0.3 is 14.2 Å². The van der Waals surface area contributed by atoms with Crippen molar-refractivity contribution in [3.63, 3.8) is 0 Å². The zero-order valence-electron chi connectivity index (χ0n) is 29.1. The Morgan fingerprint density at radius 2 is 1.04 bits per heavy atom. The van der Waals surface area contributed by atoms with E-state index in [1.165, 1.54) is 69.9 Å². The summed E-state index contributed by atoms with van der Waals surface area (Å²) in [4.78, 5) is 2.40. The predicted molar refractivity (Wildman–Crippen MR) is 226 cm³/mol. The smallest absolute Gasteiger partial charge is 0.119 e. The zero-order chi connectivity index (χ0) is 35.3. The lowest BCUT2D eigenvalue weighted by Crippen LogP contribution is -2.10. The Kier molecular flexibility index (Phi) is 7.55. The van der Waals surface area contributed by atoms with Gasteiger partial charge in [-0.05, 0) is 101 Å². The standard InChI is InChI=1S/C49H34N2OS/c1-52-40-29-27-39(28-30-40)51-45-15-7-5-12-41(45)44-32-36(22-31-46(44)51)35-20-25-38(26-21-35)50(37-23-18-34(19-24-37)33-10-3-2-4-11-33)47-16-9-14-43-42-13-6-8-17-48(42)53-49(43)47/h2-32H,1H3. The zero-order valence-corrected chi connectivity index (χ0v) is 29.9. The molecule has 0 bridgehead atoms. The number of hydrogen-bond acceptors (Lipinski definition) is 3. The molecule has 0 aliphatic rings. The Morgan fingerprint density at radius 3 is 1.77 bits per heavy atom. The lowest BCUT2D eigenvalue weighted by atomic mass is 10.0. The highest BCUT2D eigenvalue weighted by Gasteiger charge is 2.19. The van der Waals surface area contributed by atoms with E-state index in [-0.39, 0.29) is 0 Å². The minimum absolute atomic E-state index is 0.850. The average Bonchev–Trinajstić information content (AvgIpc) is 3.78. The third kappa shape index (κ3) is 5.35. The molecule has 0 unspecified atom stereocenters. The van der Waals surface area contributed by atoms with Crippen LogP contribution in [0.2, 0.25) is 0 Å². The number of para-hydroxylation sites is 1. The minimum atomic E-state index is 0.850. The quantitative estimate of drug-likeness (QED) is 0.165. The Morgan fingerprint density at radius 1 is 0.453 bits per heavy atom. The summed E-state index contributed by atoms with van der Waals surface area (Å²) in [6, 6.07) is 67.8. The van der Waals surface area contributed by atoms with Crippen LogP contribution in [0.5, 0.6) is 5.75 Å². The summed E-state index contributed by atoms with van der Waals surface area (Å²) in [6.07, 6.45) is 0. The van der Waals surface area contributed by atoms with Gasteiger partial charge in [-0.25, -0.2) is 0 Å². The second-order valence-corrected chi connectivity index (χ2v) is 14.4. The molecule has 10 aromatic rings. The molecule has 0 atom stereocenters. The minimum Gasteiger partial charge on any atom is -0.497 e. The van der Waals surface area contributed by atoms with Crippen LogP contribution in [0.3, 0.4) is 0 Å². The number of methoxy groups -OCH3 is 1. The molecule has 0 spiro atoms. The van der Waals surface area contributed by atoms with Crippen LogP contribution < -0.4 is 9.64 Å². The number of rotatable bonds is 7. The van der Waals surface area contributed by atoms with Crippen LogP contribution in [0, 0.1) is 0 Å². The summed E-state index contributed by atoms with van der Waals surface area (Å²) in [5.41, 5.74) is 11.7. The van der Waals surface area contributed by atoms with Crippen molar-refractivity contribution in [3.05, 3.63) is 188 Å². The van der Waals surface area contributed by atoms with Crippen molar-refractivity contribution in [3.8, 4) is 33.7 Å². The average molecular weight is 699 g/mol. The van der Waals surface area contributed by atoms with Crippen LogP contribution in [-0.2, 0) is 0 Å². The van der Waals surface area contributed by atoms with Crippen LogP contribution in [0.4, 0.5) is 17.1 Å². The van der Waals surface area contributed by atoms with Gasteiger partial charge in [0.15, 0.2) is 0 Å². The van der Waals surface area contributed by atoms with E-state index in [0.29, 0.717) is 0 Å². The van der Waals surface area contributed by atoms with E-state index >= 15 is 0 Å². The van der Waals surface area contributed by atoms with E-state index in [2.05, 4.69) is 185 Å². The molecular formula is C49H34N2OS. The number of benzene rings is 8. The van der Waals surface area contributed by atoms with Gasteiger partial charge in [0.05, 0.1) is 28.5 Å². The van der Waals surface area contributed by atoms with Gasteiger partial charge >= 0.3 is 0 Å². The van der Waals surface area contributed by atoms with E-state index in [9.17, 15) is 0 Å². The molecule has 2 aromatic heterocycles. The molecule has 0 amide bonds. The van der Waals surface area contributed by atoms with E-state index in [1.54, 1.807) is 7.11 Å². The van der Waals surface area contributed by atoms with Crippen molar-refractivity contribution >= 4 is 70.4 Å². The second-order valence-electron chi connectivity index (χ2n) is 13.3. The molecule has 4 heteroatoms. The monoisotopic (exact) mass is 698 g/mol. The van der Waals surface area contributed by atoms with Crippen molar-refractivity contribution in [2.45, 2.75) is 0 Å². The van der Waals surface area contributed by atoms with E-state index in [4.69, 9.17) is 4.74 Å². The van der Waals surface area contributed by atoms with Crippen LogP contribution in [0.25, 0.3) is 69.9 Å². The van der Waals surface area contributed by atoms with Gasteiger partial charge in [-0.3, -0.25) is 0 Å². The summed E-state index contributed by atoms with van der Waals surface area (Å²) in [5, 5.41) is 5.05. The van der Waals surface area contributed by atoms with Gasteiger partial charge in [0.1, 0.15) is 5.75 Å². The molecular weight excluding hydrogens is 665 g/mol. The van der Waals surface area contributed by atoms with Gasteiger partial charge in [0.25, 0.3) is 0 Å². The number of ether oxygens (including phenoxy) is 1. The van der Waals surface area contributed by atoms with Crippen LogP contribution in [0.1, 0.15) is 0 Å². The first-order chi connectivity index (χ1) is 26.2. The Hall–Kier alpha value is -6.62. The fraction of sp³-hybridized carbons (Fsp3) is 0.0204. The molecule has 0 fully saturated rings. The fourth-order valence-corrected chi connectivity index (χ4v) is 8.94. The molecule has 2 heterocycles. The number of aromatic nitrogens is 1. The van der Waals surface area contributed by atoms with E-state index in [0.717, 1.165) is 22.8 Å². The molecule has 252 valence electrons. The highest BCUT2D eigenvalue weighted by Crippen LogP contribution is 2.45. The van der Waals surface area contributed by atoms with Gasteiger partial charge in [0.2, 0.25) is 0 Å². The first-order valence-corrected chi connectivity index (χ1v) is 18.7. The number of fused-ring (bicyclic) bond motifs is 6. The lowest BCUT2D eigenvalue weighted by Gasteiger charge is -2.26. The third-order valence-corrected chi connectivity index (χ3v) is 11.5. The largest absolute Gasteiger partial charge is 0.497 e. The molecule has 0 N–H and O–H groups in total. The molecule has 0 saturated carbocycles. The molecule has 0 saturated heterocycles. The van der Waals surface area contributed by atoms with Crippen LogP contribution >= 0.6 is 11.3 Å². The summed E-state index contributed by atoms with van der Waals surface area (Å²) in [6.45, 7) is 0. The van der Waals surface area contributed by atoms with E-state index in [1.807, 2.05) is 23.5 Å². The maximum atomic E-state index is 5.44. The number of nitrogens with zero attached hydrogens (tertiary/aromatic N) is 2. The first kappa shape index (κ1) is 31.1. The van der Waals surface area contributed by atoms with Crippen molar-refractivity contribution in [1.29, 1.82) is 0 Å². The summed E-state index contributed by atoms with van der Waals surface area (Å²) >= 11 is 1.86. The molecule has 8 aromatic carbocycles. The van der Waals surface area contributed by atoms with Crippen LogP contribution in [-0.4, -0.2) is 11.7 Å². The fourth-order valence-electron chi connectivity index (χ4n) is 7.73. The van der Waals surface area contributed by atoms with Crippen molar-refractivity contribution in [2.75, 3.05) is 12.0 Å². The van der Waals surface area contributed by atoms with Crippen molar-refractivity contribution in [1.82, 2.24) is 4.57 Å². The number of hydrogen-bond donors (Lipinski definition) is 0. The van der Waals surface area contributed by atoms with Gasteiger partial charge in [-0.1, -0.05) is 109 Å². The molecule has 0 aliphatic carbocycles. The van der Waals surface area contributed by atoms with Crippen molar-refractivity contribution in [2.24, 2.45) is 0 Å². The maximum Gasteiger partial charge on any atom is 0.119 e. The van der Waals surface area contributed by atoms with Crippen molar-refractivity contribution < 1.29 is 4.74 Å². The SMILES string of the molecule is COc1ccc(-n2c3ccccc3c3cc(-c4ccc(N(c5ccc(-c6ccccc6)cc5)c5cccc6c5sc5ccccc56)cc4)ccc32)cc1. The Labute approximate surface area is 312 Å². The number of anilines is 3. The first-order valence-electron chi connectivity index (χ1n) is 17.9. The summed E-state index contributed by atoms with van der Waals surface area (Å²) in [7, 11) is 1.70. The summed E-state index contributed by atoms with van der Waals surface area (Å²) < 4.78 is 10.4. The second kappa shape index (κ2) is 12.9. The lowest BCUT2D eigenvalue weighted by molar-refractivity contribution is 0.415. The van der Waals surface area contributed by atoms with Crippen LogP contribution in [0.15, 0.2) is 188 Å². The molecule has 0 radical (unpaired) electrons. The molecule has 3 nitrogen and oxygen atoms in total. The molecule has 10 rings (SSSR count). The topological polar surface area (TPSA) is 17.4 Å². The highest BCUT2D eigenvalue weighted by molar-refractivity contribution is 7.26. The highest BCUT2D eigenvalue weighted by atomic mass is 32.1. The third-order valence-electron chi connectivity index (χ3n) is 10.3. The van der Waals surface area contributed by atoms with Gasteiger partial charge in [-0.15, -0.1) is 11.3 Å². The Bertz CT molecular complexity index is 2910. The normalized spacial score (nSPS) is 11.5. The van der Waals surface area contributed by atoms with Gasteiger partial charge in [0, 0.05) is 43.3 Å². The van der Waals surface area contributed by atoms with E-state index < -0.39 is 0 Å².